The van der Waals surface area contributed by atoms with Crippen molar-refractivity contribution in [2.45, 2.75) is 148 Å². The number of carbonyl (C=O) groups excluding carboxylic acids is 2. The Hall–Kier alpha value is -1.21. The van der Waals surface area contributed by atoms with Gasteiger partial charge in [0, 0.05) is 12.8 Å². The lowest BCUT2D eigenvalue weighted by molar-refractivity contribution is -0.161. The molecule has 0 amide bonds. The topological polar surface area (TPSA) is 119 Å². The Kier molecular flexibility index (Phi) is 25.2. The van der Waals surface area contributed by atoms with Gasteiger partial charge in [0.2, 0.25) is 0 Å². The van der Waals surface area contributed by atoms with E-state index in [9.17, 15) is 14.2 Å². The molecule has 0 aliphatic rings. The molecule has 0 aromatic carbocycles. The van der Waals surface area contributed by atoms with Gasteiger partial charge in [-0.15, -0.1) is 0 Å². The highest BCUT2D eigenvalue weighted by atomic mass is 31.2. The number of phosphoric acid groups is 1. The molecule has 0 spiro atoms. The first-order chi connectivity index (χ1) is 18.3. The maximum Gasteiger partial charge on any atom is 0.469 e. The quantitative estimate of drug-likeness (QED) is 0.0448. The number of hydrogen-bond acceptors (Lipinski definition) is 6. The number of phosphoric ester groups is 1. The van der Waals surface area contributed by atoms with Gasteiger partial charge in [0.25, 0.3) is 0 Å². The normalized spacial score (nSPS) is 12.6. The predicted molar refractivity (Wildman–Crippen MR) is 152 cm³/mol. The molecule has 0 saturated carbocycles. The summed E-state index contributed by atoms with van der Waals surface area (Å²) in [4.78, 5) is 42.2. The largest absolute Gasteiger partial charge is 0.469 e. The van der Waals surface area contributed by atoms with Gasteiger partial charge in [-0.3, -0.25) is 14.1 Å². The molecule has 0 aromatic rings. The zero-order chi connectivity index (χ0) is 28.3. The fourth-order valence-electron chi connectivity index (χ4n) is 4.01. The Labute approximate surface area is 231 Å². The molecular formula is C29H55O8P. The van der Waals surface area contributed by atoms with Crippen molar-refractivity contribution < 1.29 is 37.9 Å². The lowest BCUT2D eigenvalue weighted by atomic mass is 10.1. The highest BCUT2D eigenvalue weighted by molar-refractivity contribution is 7.46. The summed E-state index contributed by atoms with van der Waals surface area (Å²) in [6.45, 7) is 3.57. The van der Waals surface area contributed by atoms with E-state index in [4.69, 9.17) is 19.3 Å². The van der Waals surface area contributed by atoms with Gasteiger partial charge in [-0.1, -0.05) is 103 Å². The van der Waals surface area contributed by atoms with Crippen LogP contribution in [0.4, 0.5) is 0 Å². The molecule has 0 fully saturated rings. The van der Waals surface area contributed by atoms with E-state index in [-0.39, 0.29) is 19.4 Å². The molecule has 224 valence electrons. The van der Waals surface area contributed by atoms with Crippen molar-refractivity contribution in [3.05, 3.63) is 12.2 Å². The molecule has 0 aromatic heterocycles. The van der Waals surface area contributed by atoms with Crippen molar-refractivity contribution in [2.24, 2.45) is 0 Å². The lowest BCUT2D eigenvalue weighted by Gasteiger charge is -2.18. The van der Waals surface area contributed by atoms with E-state index in [0.29, 0.717) is 12.8 Å². The monoisotopic (exact) mass is 562 g/mol. The van der Waals surface area contributed by atoms with Crippen molar-refractivity contribution in [3.8, 4) is 0 Å². The van der Waals surface area contributed by atoms with E-state index < -0.39 is 32.5 Å². The number of unbranched alkanes of at least 4 members (excludes halogenated alkanes) is 15. The summed E-state index contributed by atoms with van der Waals surface area (Å²) in [7, 11) is -4.73. The smallest absolute Gasteiger partial charge is 0.462 e. The molecule has 38 heavy (non-hydrogen) atoms. The third-order valence-corrected chi connectivity index (χ3v) is 6.77. The van der Waals surface area contributed by atoms with Gasteiger partial charge >= 0.3 is 19.8 Å². The minimum absolute atomic E-state index is 0.211. The number of esters is 2. The second kappa shape index (κ2) is 26.0. The zero-order valence-corrected chi connectivity index (χ0v) is 25.0. The van der Waals surface area contributed by atoms with Crippen LogP contribution in [-0.4, -0.2) is 41.0 Å². The van der Waals surface area contributed by atoms with Crippen LogP contribution < -0.4 is 0 Å². The Morgan fingerprint density at radius 3 is 1.63 bits per heavy atom. The Balaban J connectivity index is 4.03. The third kappa shape index (κ3) is 27.8. The van der Waals surface area contributed by atoms with E-state index in [1.54, 1.807) is 0 Å². The number of carbonyl (C=O) groups is 2. The summed E-state index contributed by atoms with van der Waals surface area (Å²) >= 11 is 0. The van der Waals surface area contributed by atoms with Crippen molar-refractivity contribution >= 4 is 19.8 Å². The number of allylic oxidation sites excluding steroid dienone is 2. The van der Waals surface area contributed by atoms with E-state index in [2.05, 4.69) is 30.5 Å². The van der Waals surface area contributed by atoms with Crippen LogP contribution >= 0.6 is 7.82 Å². The first-order valence-electron chi connectivity index (χ1n) is 15.0. The van der Waals surface area contributed by atoms with Crippen LogP contribution in [0.2, 0.25) is 0 Å². The molecule has 0 bridgehead atoms. The minimum Gasteiger partial charge on any atom is -0.462 e. The fourth-order valence-corrected chi connectivity index (χ4v) is 4.37. The maximum absolute atomic E-state index is 12.2. The van der Waals surface area contributed by atoms with Crippen molar-refractivity contribution in [1.82, 2.24) is 0 Å². The summed E-state index contributed by atoms with van der Waals surface area (Å²) in [5.41, 5.74) is 0. The molecule has 0 heterocycles. The average molecular weight is 563 g/mol. The maximum atomic E-state index is 12.2. The molecule has 0 radical (unpaired) electrons. The molecule has 0 unspecified atom stereocenters. The van der Waals surface area contributed by atoms with E-state index in [0.717, 1.165) is 51.4 Å². The van der Waals surface area contributed by atoms with E-state index in [1.807, 2.05) is 0 Å². The van der Waals surface area contributed by atoms with Gasteiger partial charge in [0.15, 0.2) is 6.10 Å². The average Bonchev–Trinajstić information content (AvgIpc) is 2.87. The molecule has 0 saturated heterocycles. The van der Waals surface area contributed by atoms with Crippen molar-refractivity contribution in [3.63, 3.8) is 0 Å². The van der Waals surface area contributed by atoms with Crippen LogP contribution in [-0.2, 0) is 28.2 Å². The van der Waals surface area contributed by atoms with Gasteiger partial charge in [-0.05, 0) is 38.5 Å². The molecule has 9 heteroatoms. The molecule has 1 atom stereocenters. The molecular weight excluding hydrogens is 507 g/mol. The highest BCUT2D eigenvalue weighted by Crippen LogP contribution is 2.35. The SMILES string of the molecule is CCCCCC/C=C/CCCCCCCC(=O)OC[C@H](COP(=O)(O)O)OC(=O)CCCCCCCCC. The molecule has 0 rings (SSSR count). The first kappa shape index (κ1) is 36.8. The molecule has 0 aliphatic carbocycles. The van der Waals surface area contributed by atoms with Crippen LogP contribution in [0.15, 0.2) is 12.2 Å². The highest BCUT2D eigenvalue weighted by Gasteiger charge is 2.22. The minimum atomic E-state index is -4.73. The van der Waals surface area contributed by atoms with Gasteiger partial charge in [-0.25, -0.2) is 4.57 Å². The van der Waals surface area contributed by atoms with Crippen LogP contribution in [0.1, 0.15) is 142 Å². The first-order valence-corrected chi connectivity index (χ1v) is 16.5. The summed E-state index contributed by atoms with van der Waals surface area (Å²) in [6.07, 6.45) is 23.9. The lowest BCUT2D eigenvalue weighted by Crippen LogP contribution is -2.29. The molecule has 8 nitrogen and oxygen atoms in total. The van der Waals surface area contributed by atoms with Gasteiger partial charge in [0.1, 0.15) is 6.61 Å². The Morgan fingerprint density at radius 2 is 1.11 bits per heavy atom. The van der Waals surface area contributed by atoms with E-state index in [1.165, 1.54) is 51.4 Å². The van der Waals surface area contributed by atoms with Crippen molar-refractivity contribution in [1.29, 1.82) is 0 Å². The van der Waals surface area contributed by atoms with Gasteiger partial charge < -0.3 is 19.3 Å². The van der Waals surface area contributed by atoms with Crippen LogP contribution in [0.5, 0.6) is 0 Å². The standard InChI is InChI=1S/C29H55O8P/c1-3-5-7-9-11-12-13-14-15-16-18-19-21-23-28(30)35-25-27(26-36-38(32,33)34)37-29(31)24-22-20-17-10-8-6-4-2/h12-13,27H,3-11,14-26H2,1-2H3,(H2,32,33,34)/b13-12+/t27-/m1/s1. The number of hydrogen-bond donors (Lipinski definition) is 2. The predicted octanol–water partition coefficient (Wildman–Crippen LogP) is 7.95. The fraction of sp³-hybridized carbons (Fsp3) is 0.862. The number of ether oxygens (including phenoxy) is 2. The Bertz CT molecular complexity index is 646. The van der Waals surface area contributed by atoms with Crippen LogP contribution in [0.25, 0.3) is 0 Å². The summed E-state index contributed by atoms with van der Waals surface area (Å²) in [5.74, 6) is -0.902. The van der Waals surface area contributed by atoms with Crippen molar-refractivity contribution in [2.75, 3.05) is 13.2 Å². The van der Waals surface area contributed by atoms with E-state index >= 15 is 0 Å². The van der Waals surface area contributed by atoms with Gasteiger partial charge in [0.05, 0.1) is 6.61 Å². The second-order valence-corrected chi connectivity index (χ2v) is 11.3. The molecule has 2 N–H and O–H groups in total. The van der Waals surface area contributed by atoms with Crippen LogP contribution in [0, 0.1) is 0 Å². The molecule has 0 aliphatic heterocycles. The number of rotatable bonds is 27. The van der Waals surface area contributed by atoms with Crippen LogP contribution in [0.3, 0.4) is 0 Å². The summed E-state index contributed by atoms with van der Waals surface area (Å²) in [6, 6.07) is 0. The third-order valence-electron chi connectivity index (χ3n) is 6.28. The second-order valence-electron chi connectivity index (χ2n) is 10.1. The summed E-state index contributed by atoms with van der Waals surface area (Å²) < 4.78 is 26.0. The Morgan fingerprint density at radius 1 is 0.658 bits per heavy atom. The zero-order valence-electron chi connectivity index (χ0n) is 24.1. The summed E-state index contributed by atoms with van der Waals surface area (Å²) in [5, 5.41) is 0. The van der Waals surface area contributed by atoms with Gasteiger partial charge in [-0.2, -0.15) is 0 Å².